The zero-order valence-electron chi connectivity index (χ0n) is 15.8. The Morgan fingerprint density at radius 2 is 1.97 bits per heavy atom. The van der Waals surface area contributed by atoms with Gasteiger partial charge < -0.3 is 24.9 Å². The maximum absolute atomic E-state index is 14.4. The zero-order valence-corrected chi connectivity index (χ0v) is 17.5. The number of rotatable bonds is 6. The fraction of sp³-hybridized carbons (Fsp3) is 0.625. The van der Waals surface area contributed by atoms with Gasteiger partial charge in [-0.05, 0) is 24.1 Å². The first kappa shape index (κ1) is 26.7. The molecule has 1 aliphatic rings. The number of aliphatic hydroxyl groups excluding tert-OH is 1. The van der Waals surface area contributed by atoms with Gasteiger partial charge in [0.2, 0.25) is 11.6 Å². The van der Waals surface area contributed by atoms with Crippen molar-refractivity contribution in [2.24, 2.45) is 11.7 Å². The van der Waals surface area contributed by atoms with Gasteiger partial charge >= 0.3 is 17.7 Å². The van der Waals surface area contributed by atoms with Crippen LogP contribution in [0.4, 0.5) is 23.2 Å². The van der Waals surface area contributed by atoms with E-state index in [9.17, 15) is 37.3 Å². The lowest BCUT2D eigenvalue weighted by molar-refractivity contribution is -0.392. The molecule has 0 amide bonds. The van der Waals surface area contributed by atoms with Crippen molar-refractivity contribution >= 4 is 29.3 Å². The smallest absolute Gasteiger partial charge is 0.455 e. The molecule has 0 unspecified atom stereocenters. The minimum absolute atomic E-state index is 0. The summed E-state index contributed by atoms with van der Waals surface area (Å²) in [6, 6.07) is 0.855. The molecule has 0 radical (unpaired) electrons. The molecule has 1 aromatic carbocycles. The minimum atomic E-state index is -5.08. The van der Waals surface area contributed by atoms with Gasteiger partial charge in [0, 0.05) is 20.0 Å². The number of nitro benzene ring substituents is 1. The van der Waals surface area contributed by atoms with Crippen LogP contribution >= 0.6 is 12.4 Å². The molecule has 2 rings (SSSR count). The first-order chi connectivity index (χ1) is 13.3. The Hall–Kier alpha value is -1.38. The van der Waals surface area contributed by atoms with Crippen molar-refractivity contribution in [1.29, 1.82) is 0 Å². The van der Waals surface area contributed by atoms with Gasteiger partial charge in [-0.2, -0.15) is 17.6 Å². The SMILES string of the molecule is CO[C@](C)(Oc1cc(C[C@@H]2C[S@@+]([O-])C[C@H](N)[C@H]2O)cc(F)c1[N+](=O)[O-])C(F)(F)F.Cl. The third-order valence-corrected chi connectivity index (χ3v) is 6.23. The van der Waals surface area contributed by atoms with Gasteiger partial charge in [-0.25, -0.2) is 0 Å². The van der Waals surface area contributed by atoms with Crippen LogP contribution in [0.15, 0.2) is 12.1 Å². The molecule has 14 heteroatoms. The van der Waals surface area contributed by atoms with Crippen molar-refractivity contribution in [3.05, 3.63) is 33.6 Å². The van der Waals surface area contributed by atoms with Gasteiger partial charge in [-0.1, -0.05) is 11.2 Å². The Morgan fingerprint density at radius 1 is 1.37 bits per heavy atom. The van der Waals surface area contributed by atoms with E-state index in [4.69, 9.17) is 10.5 Å². The van der Waals surface area contributed by atoms with Crippen LogP contribution in [0.1, 0.15) is 12.5 Å². The fourth-order valence-corrected chi connectivity index (χ4v) is 4.53. The monoisotopic (exact) mass is 480 g/mol. The van der Waals surface area contributed by atoms with E-state index in [0.29, 0.717) is 14.0 Å². The summed E-state index contributed by atoms with van der Waals surface area (Å²) < 4.78 is 74.9. The summed E-state index contributed by atoms with van der Waals surface area (Å²) in [6.45, 7) is 0.494. The maximum atomic E-state index is 14.4. The van der Waals surface area contributed by atoms with Crippen LogP contribution in [0, 0.1) is 21.8 Å². The molecule has 3 N–H and O–H groups in total. The van der Waals surface area contributed by atoms with Crippen molar-refractivity contribution in [3.8, 4) is 5.75 Å². The van der Waals surface area contributed by atoms with Gasteiger partial charge in [0.25, 0.3) is 0 Å². The summed E-state index contributed by atoms with van der Waals surface area (Å²) in [5, 5.41) is 21.3. The molecular formula is C16H21ClF4N2O6S. The van der Waals surface area contributed by atoms with E-state index < -0.39 is 63.4 Å². The normalized spacial score (nSPS) is 26.4. The summed E-state index contributed by atoms with van der Waals surface area (Å²) in [4.78, 5) is 9.97. The van der Waals surface area contributed by atoms with E-state index in [2.05, 4.69) is 4.74 Å². The van der Waals surface area contributed by atoms with E-state index in [1.54, 1.807) is 0 Å². The molecule has 0 aromatic heterocycles. The highest BCUT2D eigenvalue weighted by molar-refractivity contribution is 7.91. The third-order valence-electron chi connectivity index (χ3n) is 4.68. The molecule has 1 aliphatic heterocycles. The number of ether oxygens (including phenoxy) is 2. The summed E-state index contributed by atoms with van der Waals surface area (Å²) in [5.41, 5.74) is 4.44. The molecule has 1 fully saturated rings. The van der Waals surface area contributed by atoms with E-state index >= 15 is 0 Å². The largest absolute Gasteiger partial charge is 0.616 e. The number of methoxy groups -OCH3 is 1. The Bertz CT molecular complexity index is 774. The Kier molecular flexibility index (Phi) is 8.73. The van der Waals surface area contributed by atoms with Crippen LogP contribution in [-0.4, -0.2) is 57.3 Å². The third kappa shape index (κ3) is 5.65. The van der Waals surface area contributed by atoms with Gasteiger partial charge in [-0.15, -0.1) is 12.4 Å². The number of hydrogen-bond donors (Lipinski definition) is 2. The first-order valence-corrected chi connectivity index (χ1v) is 9.84. The predicted molar refractivity (Wildman–Crippen MR) is 101 cm³/mol. The van der Waals surface area contributed by atoms with Crippen molar-refractivity contribution in [2.45, 2.75) is 37.5 Å². The van der Waals surface area contributed by atoms with E-state index in [1.165, 1.54) is 0 Å². The Balaban J connectivity index is 0.00000450. The lowest BCUT2D eigenvalue weighted by Gasteiger charge is -2.34. The van der Waals surface area contributed by atoms with Crippen molar-refractivity contribution < 1.29 is 41.6 Å². The van der Waals surface area contributed by atoms with Crippen LogP contribution in [0.5, 0.6) is 5.75 Å². The zero-order chi connectivity index (χ0) is 22.1. The number of aliphatic hydroxyl groups is 1. The maximum Gasteiger partial charge on any atom is 0.455 e. The molecule has 5 atom stereocenters. The highest BCUT2D eigenvalue weighted by Crippen LogP contribution is 2.40. The second-order valence-corrected chi connectivity index (χ2v) is 8.37. The average molecular weight is 481 g/mol. The molecule has 1 saturated heterocycles. The second kappa shape index (κ2) is 9.83. The lowest BCUT2D eigenvalue weighted by Crippen LogP contribution is -2.52. The Labute approximate surface area is 178 Å². The molecule has 1 aromatic rings. The average Bonchev–Trinajstić information content (AvgIpc) is 2.57. The van der Waals surface area contributed by atoms with Crippen LogP contribution in [0.2, 0.25) is 0 Å². The quantitative estimate of drug-likeness (QED) is 0.209. The number of halogens is 5. The minimum Gasteiger partial charge on any atom is -0.616 e. The lowest BCUT2D eigenvalue weighted by atomic mass is 9.91. The van der Waals surface area contributed by atoms with Gasteiger partial charge in [-0.3, -0.25) is 10.1 Å². The second-order valence-electron chi connectivity index (χ2n) is 6.82. The number of nitrogens with two attached hydrogens (primary N) is 1. The number of nitrogens with zero attached hydrogens (tertiary/aromatic N) is 1. The van der Waals surface area contributed by atoms with Crippen LogP contribution < -0.4 is 10.5 Å². The number of benzene rings is 1. The fourth-order valence-electron chi connectivity index (χ4n) is 2.98. The molecule has 30 heavy (non-hydrogen) atoms. The summed E-state index contributed by atoms with van der Waals surface area (Å²) in [5.74, 6) is -6.22. The molecule has 0 aliphatic carbocycles. The molecule has 8 nitrogen and oxygen atoms in total. The summed E-state index contributed by atoms with van der Waals surface area (Å²) >= 11 is -1.33. The number of nitro groups is 1. The van der Waals surface area contributed by atoms with Crippen LogP contribution in [0.3, 0.4) is 0 Å². The van der Waals surface area contributed by atoms with Crippen molar-refractivity contribution in [3.63, 3.8) is 0 Å². The number of alkyl halides is 3. The van der Waals surface area contributed by atoms with Gasteiger partial charge in [0.05, 0.1) is 17.1 Å². The highest BCUT2D eigenvalue weighted by Gasteiger charge is 2.55. The van der Waals surface area contributed by atoms with Gasteiger partial charge in [0.15, 0.2) is 0 Å². The topological polar surface area (TPSA) is 131 Å². The van der Waals surface area contributed by atoms with Crippen LogP contribution in [0.25, 0.3) is 0 Å². The Morgan fingerprint density at radius 3 is 2.47 bits per heavy atom. The predicted octanol–water partition coefficient (Wildman–Crippen LogP) is 2.07. The first-order valence-electron chi connectivity index (χ1n) is 8.35. The van der Waals surface area contributed by atoms with Gasteiger partial charge in [0.1, 0.15) is 11.5 Å². The van der Waals surface area contributed by atoms with Crippen molar-refractivity contribution in [1.82, 2.24) is 0 Å². The summed E-state index contributed by atoms with van der Waals surface area (Å²) in [6.07, 6.45) is -6.28. The molecule has 0 saturated carbocycles. The molecule has 0 spiro atoms. The molecular weight excluding hydrogens is 460 g/mol. The molecule has 172 valence electrons. The highest BCUT2D eigenvalue weighted by atomic mass is 35.5. The van der Waals surface area contributed by atoms with Crippen LogP contribution in [-0.2, 0) is 22.3 Å². The van der Waals surface area contributed by atoms with E-state index in [0.717, 1.165) is 12.1 Å². The van der Waals surface area contributed by atoms with E-state index in [-0.39, 0.29) is 35.9 Å². The van der Waals surface area contributed by atoms with Crippen molar-refractivity contribution in [2.75, 3.05) is 18.6 Å². The molecule has 1 heterocycles. The number of hydrogen-bond acceptors (Lipinski definition) is 7. The standard InChI is InChI=1S/C16H20F4N2O6S.ClH/c1-15(27-2,16(18,19)20)28-12-5-8(4-10(17)13(12)22(24)25)3-9-6-29(26)7-11(21)14(9)23;/h4-5,9,11,14,23H,3,6-7,21H2,1-2H3;1H/t9-,11+,14+,15-,29-;/m1./s1. The molecule has 0 bridgehead atoms. The summed E-state index contributed by atoms with van der Waals surface area (Å²) in [7, 11) is 0.689. The van der Waals surface area contributed by atoms with E-state index in [1.807, 2.05) is 0 Å².